The van der Waals surface area contributed by atoms with Crippen LogP contribution < -0.4 is 9.64 Å². The molecule has 0 radical (unpaired) electrons. The highest BCUT2D eigenvalue weighted by atomic mass is 35.5. The van der Waals surface area contributed by atoms with Gasteiger partial charge in [0.25, 0.3) is 0 Å². The monoisotopic (exact) mass is 510 g/mol. The summed E-state index contributed by atoms with van der Waals surface area (Å²) in [4.78, 5) is 9.11. The van der Waals surface area contributed by atoms with E-state index in [0.29, 0.717) is 27.9 Å². The zero-order valence-electron chi connectivity index (χ0n) is 19.8. The van der Waals surface area contributed by atoms with Crippen LogP contribution in [0.5, 0.6) is 5.75 Å². The van der Waals surface area contributed by atoms with Gasteiger partial charge in [-0.05, 0) is 55.8 Å². The van der Waals surface area contributed by atoms with Crippen LogP contribution in [0.4, 0.5) is 5.69 Å². The highest BCUT2D eigenvalue weighted by Gasteiger charge is 2.30. The Morgan fingerprint density at radius 2 is 1.89 bits per heavy atom. The fourth-order valence-electron chi connectivity index (χ4n) is 4.13. The molecule has 8 heteroatoms. The molecule has 0 amide bonds. The van der Waals surface area contributed by atoms with Crippen molar-refractivity contribution >= 4 is 28.9 Å². The van der Waals surface area contributed by atoms with Gasteiger partial charge in [-0.2, -0.15) is 5.26 Å². The molecule has 4 rings (SSSR count). The number of aliphatic hydroxyl groups is 1. The zero-order valence-corrected chi connectivity index (χ0v) is 21.3. The van der Waals surface area contributed by atoms with Gasteiger partial charge in [0, 0.05) is 43.5 Å². The number of nitrogens with zero attached hydrogens (tertiary/aromatic N) is 4. The smallest absolute Gasteiger partial charge is 0.121 e. The van der Waals surface area contributed by atoms with E-state index in [2.05, 4.69) is 33.0 Å². The van der Waals surface area contributed by atoms with Crippen LogP contribution in [-0.2, 0) is 6.54 Å². The van der Waals surface area contributed by atoms with Crippen molar-refractivity contribution in [1.82, 2.24) is 9.88 Å². The van der Waals surface area contributed by atoms with Crippen LogP contribution in [0.3, 0.4) is 0 Å². The molecule has 1 aromatic heterocycles. The van der Waals surface area contributed by atoms with Crippen LogP contribution in [0, 0.1) is 11.3 Å². The Kier molecular flexibility index (Phi) is 7.83. The molecule has 2 aromatic carbocycles. The van der Waals surface area contributed by atoms with Crippen molar-refractivity contribution in [3.63, 3.8) is 0 Å². The third-order valence-corrected chi connectivity index (χ3v) is 6.43. The number of hydrogen-bond acceptors (Lipinski definition) is 6. The van der Waals surface area contributed by atoms with Crippen molar-refractivity contribution in [2.75, 3.05) is 31.1 Å². The second-order valence-corrected chi connectivity index (χ2v) is 10.2. The summed E-state index contributed by atoms with van der Waals surface area (Å²) in [6.07, 6.45) is 1.61. The van der Waals surface area contributed by atoms with E-state index in [1.54, 1.807) is 32.2 Å². The number of rotatable bonds is 7. The number of pyridine rings is 1. The first kappa shape index (κ1) is 25.3. The summed E-state index contributed by atoms with van der Waals surface area (Å²) >= 11 is 12.9. The quantitative estimate of drug-likeness (QED) is 0.454. The summed E-state index contributed by atoms with van der Waals surface area (Å²) in [5.74, 6) is 0.620. The molecule has 1 aliphatic rings. The van der Waals surface area contributed by atoms with Gasteiger partial charge >= 0.3 is 0 Å². The first-order chi connectivity index (χ1) is 16.7. The minimum atomic E-state index is -0.926. The first-order valence-corrected chi connectivity index (χ1v) is 12.2. The minimum absolute atomic E-state index is 0.0556. The third kappa shape index (κ3) is 6.65. The largest absolute Gasteiger partial charge is 0.491 e. The summed E-state index contributed by atoms with van der Waals surface area (Å²) in [5.41, 5.74) is 2.63. The van der Waals surface area contributed by atoms with Gasteiger partial charge < -0.3 is 14.7 Å². The molecule has 0 spiro atoms. The number of ether oxygens (including phenoxy) is 1. The van der Waals surface area contributed by atoms with Gasteiger partial charge in [-0.3, -0.25) is 9.88 Å². The fourth-order valence-corrected chi connectivity index (χ4v) is 4.53. The van der Waals surface area contributed by atoms with Crippen molar-refractivity contribution in [3.05, 3.63) is 87.7 Å². The molecular formula is C27H28Cl2N4O2. The molecule has 1 N–H and O–H groups in total. The van der Waals surface area contributed by atoms with Crippen molar-refractivity contribution in [2.24, 2.45) is 0 Å². The Balaban J connectivity index is 1.56. The van der Waals surface area contributed by atoms with Crippen LogP contribution in [0.1, 0.15) is 36.7 Å². The number of nitriles is 1. The number of anilines is 1. The highest BCUT2D eigenvalue weighted by Crippen LogP contribution is 2.37. The van der Waals surface area contributed by atoms with Gasteiger partial charge in [0.05, 0.1) is 33.6 Å². The summed E-state index contributed by atoms with van der Waals surface area (Å²) in [6, 6.07) is 19.5. The normalized spacial score (nSPS) is 16.7. The highest BCUT2D eigenvalue weighted by molar-refractivity contribution is 6.33. The number of piperazine rings is 1. The van der Waals surface area contributed by atoms with Crippen LogP contribution in [0.25, 0.3) is 0 Å². The Morgan fingerprint density at radius 1 is 1.11 bits per heavy atom. The number of halogens is 2. The maximum atomic E-state index is 9.94. The molecule has 2 heterocycles. The molecule has 1 aliphatic heterocycles. The van der Waals surface area contributed by atoms with Crippen LogP contribution in [-0.4, -0.2) is 46.8 Å². The molecule has 0 aliphatic carbocycles. The summed E-state index contributed by atoms with van der Waals surface area (Å²) in [5, 5.41) is 20.3. The number of aromatic nitrogens is 1. The molecule has 1 atom stereocenters. The lowest BCUT2D eigenvalue weighted by Gasteiger charge is -2.43. The molecule has 0 unspecified atom stereocenters. The van der Waals surface area contributed by atoms with Gasteiger partial charge in [0.15, 0.2) is 0 Å². The van der Waals surface area contributed by atoms with Crippen molar-refractivity contribution < 1.29 is 9.84 Å². The van der Waals surface area contributed by atoms with E-state index in [0.717, 1.165) is 36.6 Å². The Labute approximate surface area is 216 Å². The van der Waals surface area contributed by atoms with Crippen LogP contribution in [0.2, 0.25) is 10.0 Å². The summed E-state index contributed by atoms with van der Waals surface area (Å²) in [6.45, 7) is 6.65. The Hall–Kier alpha value is -2.82. The molecular weight excluding hydrogens is 483 g/mol. The van der Waals surface area contributed by atoms with E-state index in [4.69, 9.17) is 33.2 Å². The van der Waals surface area contributed by atoms with Crippen molar-refractivity contribution in [2.45, 2.75) is 32.0 Å². The second-order valence-electron chi connectivity index (χ2n) is 9.36. The fraction of sp³-hybridized carbons (Fsp3) is 0.333. The predicted octanol–water partition coefficient (Wildman–Crippen LogP) is 5.47. The van der Waals surface area contributed by atoms with Gasteiger partial charge in [0.1, 0.15) is 18.4 Å². The minimum Gasteiger partial charge on any atom is -0.491 e. The lowest BCUT2D eigenvalue weighted by molar-refractivity contribution is 0.0285. The van der Waals surface area contributed by atoms with Gasteiger partial charge in [-0.25, -0.2) is 0 Å². The van der Waals surface area contributed by atoms with E-state index in [1.165, 1.54) is 0 Å². The number of benzene rings is 2. The van der Waals surface area contributed by atoms with Gasteiger partial charge in [0.2, 0.25) is 0 Å². The molecule has 182 valence electrons. The first-order valence-electron chi connectivity index (χ1n) is 11.5. The zero-order chi connectivity index (χ0) is 25.0. The average Bonchev–Trinajstić information content (AvgIpc) is 2.84. The van der Waals surface area contributed by atoms with Gasteiger partial charge in [-0.1, -0.05) is 35.3 Å². The molecule has 6 nitrogen and oxygen atoms in total. The van der Waals surface area contributed by atoms with Crippen LogP contribution in [0.15, 0.2) is 60.8 Å². The van der Waals surface area contributed by atoms with E-state index >= 15 is 0 Å². The Bertz CT molecular complexity index is 1190. The SMILES string of the molecule is CC(C)(O)COc1ccc(N2CCN(Cc3ccc(C#N)cn3)C[C@H]2c2ccc(Cl)cc2)c(Cl)c1. The molecule has 1 saturated heterocycles. The van der Waals surface area contributed by atoms with Gasteiger partial charge in [-0.15, -0.1) is 0 Å². The standard InChI is InChI=1S/C27H28Cl2N4O2/c1-27(2,34)18-35-23-9-10-25(24(29)13-23)33-12-11-32(16-22-8-3-19(14-30)15-31-22)17-26(33)20-4-6-21(28)7-5-20/h3-10,13,15,26,34H,11-12,16-18H2,1-2H3/t26-/m0/s1. The maximum absolute atomic E-state index is 9.94. The molecule has 3 aromatic rings. The summed E-state index contributed by atoms with van der Waals surface area (Å²) in [7, 11) is 0. The van der Waals surface area contributed by atoms with E-state index in [-0.39, 0.29) is 12.6 Å². The molecule has 1 fully saturated rings. The lowest BCUT2D eigenvalue weighted by Crippen LogP contribution is -2.48. The topological polar surface area (TPSA) is 72.6 Å². The van der Waals surface area contributed by atoms with E-state index in [9.17, 15) is 5.11 Å². The average molecular weight is 511 g/mol. The number of hydrogen-bond donors (Lipinski definition) is 1. The van der Waals surface area contributed by atoms with E-state index < -0.39 is 5.60 Å². The van der Waals surface area contributed by atoms with Crippen molar-refractivity contribution in [3.8, 4) is 11.8 Å². The molecule has 0 bridgehead atoms. The third-order valence-electron chi connectivity index (χ3n) is 5.88. The predicted molar refractivity (Wildman–Crippen MR) is 139 cm³/mol. The second kappa shape index (κ2) is 10.8. The van der Waals surface area contributed by atoms with Crippen LogP contribution >= 0.6 is 23.2 Å². The molecule has 35 heavy (non-hydrogen) atoms. The van der Waals surface area contributed by atoms with E-state index in [1.807, 2.05) is 30.3 Å². The summed E-state index contributed by atoms with van der Waals surface area (Å²) < 4.78 is 5.72. The lowest BCUT2D eigenvalue weighted by atomic mass is 10.0. The maximum Gasteiger partial charge on any atom is 0.121 e. The Morgan fingerprint density at radius 3 is 2.51 bits per heavy atom. The van der Waals surface area contributed by atoms with Crippen molar-refractivity contribution in [1.29, 1.82) is 5.26 Å². The molecule has 0 saturated carbocycles.